The van der Waals surface area contributed by atoms with E-state index in [1.165, 1.54) is 31.0 Å². The zero-order valence-electron chi connectivity index (χ0n) is 17.8. The lowest BCUT2D eigenvalue weighted by Crippen LogP contribution is -2.47. The number of amidine groups is 1. The number of hydrogen-bond acceptors (Lipinski definition) is 6. The molecule has 1 aromatic rings. The van der Waals surface area contributed by atoms with Crippen LogP contribution in [0.2, 0.25) is 0 Å². The van der Waals surface area contributed by atoms with E-state index in [1.807, 2.05) is 6.07 Å². The Balaban J connectivity index is 1.38. The van der Waals surface area contributed by atoms with Gasteiger partial charge in [-0.05, 0) is 48.8 Å². The summed E-state index contributed by atoms with van der Waals surface area (Å²) in [5.74, 6) is 2.68. The molecule has 31 heavy (non-hydrogen) atoms. The Kier molecular flexibility index (Phi) is 5.45. The molecule has 0 N–H and O–H groups in total. The van der Waals surface area contributed by atoms with Crippen LogP contribution in [0.1, 0.15) is 31.2 Å². The molecule has 1 amide bonds. The third-order valence-corrected chi connectivity index (χ3v) is 10.4. The van der Waals surface area contributed by atoms with Crippen molar-refractivity contribution in [2.75, 3.05) is 25.7 Å². The first kappa shape index (κ1) is 21.1. The van der Waals surface area contributed by atoms with Gasteiger partial charge in [-0.1, -0.05) is 24.2 Å². The molecule has 0 spiro atoms. The fourth-order valence-corrected chi connectivity index (χ4v) is 9.83. The van der Waals surface area contributed by atoms with Gasteiger partial charge in [0.15, 0.2) is 26.5 Å². The van der Waals surface area contributed by atoms with Gasteiger partial charge in [0, 0.05) is 11.3 Å². The molecule has 5 rings (SSSR count). The molecule has 2 saturated carbocycles. The van der Waals surface area contributed by atoms with Gasteiger partial charge in [0.2, 0.25) is 0 Å². The van der Waals surface area contributed by atoms with E-state index in [4.69, 9.17) is 9.47 Å². The Bertz CT molecular complexity index is 1020. The zero-order valence-corrected chi connectivity index (χ0v) is 19.5. The Morgan fingerprint density at radius 1 is 1.13 bits per heavy atom. The van der Waals surface area contributed by atoms with Crippen molar-refractivity contribution in [1.29, 1.82) is 0 Å². The second-order valence-electron chi connectivity index (χ2n) is 9.10. The first-order valence-corrected chi connectivity index (χ1v) is 13.5. The quantitative estimate of drug-likeness (QED) is 0.662. The number of thioether (sulfide) groups is 1. The van der Waals surface area contributed by atoms with Gasteiger partial charge < -0.3 is 14.4 Å². The van der Waals surface area contributed by atoms with E-state index in [0.717, 1.165) is 23.1 Å². The lowest BCUT2D eigenvalue weighted by molar-refractivity contribution is -0.117. The van der Waals surface area contributed by atoms with Crippen LogP contribution < -0.4 is 9.47 Å². The molecule has 7 nitrogen and oxygen atoms in total. The van der Waals surface area contributed by atoms with E-state index >= 15 is 0 Å². The molecule has 168 valence electrons. The number of nitrogens with zero attached hydrogens (tertiary/aromatic N) is 2. The molecule has 2 aliphatic heterocycles. The number of carbonyl (C=O) groups is 1. The Labute approximate surface area is 187 Å². The zero-order chi connectivity index (χ0) is 21.8. The summed E-state index contributed by atoms with van der Waals surface area (Å²) in [6, 6.07) is 5.70. The predicted octanol–water partition coefficient (Wildman–Crippen LogP) is 2.53. The van der Waals surface area contributed by atoms with Gasteiger partial charge in [-0.2, -0.15) is 4.99 Å². The van der Waals surface area contributed by atoms with Gasteiger partial charge in [0.1, 0.15) is 0 Å². The molecule has 4 fully saturated rings. The van der Waals surface area contributed by atoms with E-state index in [-0.39, 0.29) is 35.1 Å². The van der Waals surface area contributed by atoms with Crippen LogP contribution in [-0.2, 0) is 21.1 Å². The van der Waals surface area contributed by atoms with Crippen LogP contribution in [0.4, 0.5) is 0 Å². The smallest absolute Gasteiger partial charge is 0.252 e. The molecular formula is C22H28N2O5S2. The first-order valence-electron chi connectivity index (χ1n) is 10.8. The number of amides is 1. The van der Waals surface area contributed by atoms with Crippen LogP contribution in [0.3, 0.4) is 0 Å². The number of ether oxygens (including phenoxy) is 2. The highest BCUT2D eigenvalue weighted by molar-refractivity contribution is 8.15. The number of benzene rings is 1. The van der Waals surface area contributed by atoms with E-state index in [2.05, 4.69) is 9.89 Å². The Morgan fingerprint density at radius 3 is 2.61 bits per heavy atom. The number of rotatable bonds is 5. The van der Waals surface area contributed by atoms with Crippen LogP contribution in [0.15, 0.2) is 23.2 Å². The fraction of sp³-hybridized carbons (Fsp3) is 0.636. The number of hydrogen-bond donors (Lipinski definition) is 0. The molecule has 2 saturated heterocycles. The van der Waals surface area contributed by atoms with Gasteiger partial charge in [-0.3, -0.25) is 4.79 Å². The molecule has 9 heteroatoms. The minimum absolute atomic E-state index is 0.0169. The third-order valence-electron chi connectivity index (χ3n) is 7.19. The summed E-state index contributed by atoms with van der Waals surface area (Å²) in [4.78, 5) is 19.6. The highest BCUT2D eigenvalue weighted by Crippen LogP contribution is 2.51. The fourth-order valence-electron chi connectivity index (χ4n) is 5.84. The molecule has 0 aromatic heterocycles. The standard InChI is InChI=1S/C22H28N2O5S2/c1-28-18-6-4-14(9-19(18)29-2)10-21(25)23-22-24(16-8-13-3-5-15(16)7-13)17-11-31(26,27)12-20(17)30-22/h4,6,9,13,15-17,20H,3,5,7-8,10-12H2,1-2H3/t13-,15-,16-,17+,20-/m1/s1. The molecule has 0 unspecified atom stereocenters. The highest BCUT2D eigenvalue weighted by Gasteiger charge is 2.54. The van der Waals surface area contributed by atoms with Crippen molar-refractivity contribution in [3.63, 3.8) is 0 Å². The van der Waals surface area contributed by atoms with E-state index in [1.54, 1.807) is 26.4 Å². The molecular weight excluding hydrogens is 436 g/mol. The number of sulfone groups is 1. The second-order valence-corrected chi connectivity index (χ2v) is 12.5. The maximum absolute atomic E-state index is 12.9. The van der Waals surface area contributed by atoms with Gasteiger partial charge >= 0.3 is 0 Å². The maximum atomic E-state index is 12.9. The van der Waals surface area contributed by atoms with E-state index in [0.29, 0.717) is 23.5 Å². The summed E-state index contributed by atoms with van der Waals surface area (Å²) in [6.45, 7) is 0. The molecule has 5 atom stereocenters. The van der Waals surface area contributed by atoms with Gasteiger partial charge in [0.05, 0.1) is 38.2 Å². The number of methoxy groups -OCH3 is 2. The van der Waals surface area contributed by atoms with Crippen molar-refractivity contribution >= 4 is 32.7 Å². The summed E-state index contributed by atoms with van der Waals surface area (Å²) < 4.78 is 35.2. The van der Waals surface area contributed by atoms with Crippen molar-refractivity contribution in [1.82, 2.24) is 4.90 Å². The molecule has 2 heterocycles. The van der Waals surface area contributed by atoms with Gasteiger partial charge in [0.25, 0.3) is 5.91 Å². The van der Waals surface area contributed by atoms with Crippen molar-refractivity contribution in [3.05, 3.63) is 23.8 Å². The lowest BCUT2D eigenvalue weighted by atomic mass is 9.93. The van der Waals surface area contributed by atoms with Crippen molar-refractivity contribution in [2.45, 2.75) is 49.4 Å². The number of carbonyl (C=O) groups excluding carboxylic acids is 1. The molecule has 4 aliphatic rings. The van der Waals surface area contributed by atoms with Crippen LogP contribution in [0.5, 0.6) is 11.5 Å². The summed E-state index contributed by atoms with van der Waals surface area (Å²) in [5, 5.41) is 0.713. The van der Waals surface area contributed by atoms with E-state index < -0.39 is 9.84 Å². The Morgan fingerprint density at radius 2 is 1.94 bits per heavy atom. The molecule has 0 radical (unpaired) electrons. The van der Waals surface area contributed by atoms with E-state index in [9.17, 15) is 13.2 Å². The third kappa shape index (κ3) is 3.95. The molecule has 2 aliphatic carbocycles. The topological polar surface area (TPSA) is 85.3 Å². The summed E-state index contributed by atoms with van der Waals surface area (Å²) in [7, 11) is 0.121. The average molecular weight is 465 g/mol. The van der Waals surface area contributed by atoms with Crippen molar-refractivity contribution < 1.29 is 22.7 Å². The largest absolute Gasteiger partial charge is 0.493 e. The first-order chi connectivity index (χ1) is 14.9. The van der Waals surface area contributed by atoms with Crippen LogP contribution >= 0.6 is 11.8 Å². The summed E-state index contributed by atoms with van der Waals surface area (Å²) >= 11 is 1.49. The SMILES string of the molecule is COc1ccc(CC(=O)N=C2S[C@@H]3CS(=O)(=O)C[C@@H]3N2[C@@H]2C[C@@H]3CC[C@@H]2C3)cc1OC. The van der Waals surface area contributed by atoms with Crippen LogP contribution in [0, 0.1) is 11.8 Å². The van der Waals surface area contributed by atoms with Crippen molar-refractivity contribution in [2.24, 2.45) is 16.8 Å². The molecule has 1 aromatic carbocycles. The summed E-state index contributed by atoms with van der Waals surface area (Å²) in [6.07, 6.45) is 4.97. The minimum Gasteiger partial charge on any atom is -0.493 e. The molecule has 2 bridgehead atoms. The van der Waals surface area contributed by atoms with Crippen LogP contribution in [-0.4, -0.2) is 67.5 Å². The number of aliphatic imine (C=N–C) groups is 1. The van der Waals surface area contributed by atoms with Gasteiger partial charge in [-0.25, -0.2) is 8.42 Å². The predicted molar refractivity (Wildman–Crippen MR) is 121 cm³/mol. The Hall–Kier alpha value is -1.74. The number of fused-ring (bicyclic) bond motifs is 3. The summed E-state index contributed by atoms with van der Waals surface area (Å²) in [5.41, 5.74) is 0.809. The monoisotopic (exact) mass is 464 g/mol. The van der Waals surface area contributed by atoms with Gasteiger partial charge in [-0.15, -0.1) is 0 Å². The second kappa shape index (κ2) is 7.99. The normalized spacial score (nSPS) is 34.3. The minimum atomic E-state index is -3.02. The highest BCUT2D eigenvalue weighted by atomic mass is 32.2. The lowest BCUT2D eigenvalue weighted by Gasteiger charge is -2.36. The average Bonchev–Trinajstić information content (AvgIpc) is 3.47. The van der Waals surface area contributed by atoms with Crippen molar-refractivity contribution in [3.8, 4) is 11.5 Å². The maximum Gasteiger partial charge on any atom is 0.252 e. The van der Waals surface area contributed by atoms with Crippen LogP contribution in [0.25, 0.3) is 0 Å².